The fraction of sp³-hybridized carbons (Fsp3) is 0.462. The number of ether oxygens (including phenoxy) is 1. The van der Waals surface area contributed by atoms with E-state index in [1.165, 1.54) is 31.2 Å². The van der Waals surface area contributed by atoms with Crippen LogP contribution in [0.1, 0.15) is 13.3 Å². The number of halogens is 1. The van der Waals surface area contributed by atoms with Crippen LogP contribution in [0.2, 0.25) is 0 Å². The maximum atomic E-state index is 12.7. The summed E-state index contributed by atoms with van der Waals surface area (Å²) in [5, 5.41) is 2.57. The molecule has 0 bridgehead atoms. The summed E-state index contributed by atoms with van der Waals surface area (Å²) in [5.41, 5.74) is 0. The zero-order valence-corrected chi connectivity index (χ0v) is 12.6. The van der Waals surface area contributed by atoms with E-state index in [-0.39, 0.29) is 30.6 Å². The molecule has 1 aromatic carbocycles. The number of rotatable bonds is 9. The maximum Gasteiger partial charge on any atom is 0.216 e. The first-order valence-corrected chi connectivity index (χ1v) is 8.14. The summed E-state index contributed by atoms with van der Waals surface area (Å²) in [7, 11) is -3.42. The van der Waals surface area contributed by atoms with Crippen LogP contribution < -0.4 is 14.8 Å². The summed E-state index contributed by atoms with van der Waals surface area (Å²) < 4.78 is 43.6. The molecule has 8 heteroatoms. The average Bonchev–Trinajstić information content (AvgIpc) is 2.40. The highest BCUT2D eigenvalue weighted by Crippen LogP contribution is 2.10. The van der Waals surface area contributed by atoms with E-state index >= 15 is 0 Å². The van der Waals surface area contributed by atoms with Gasteiger partial charge < -0.3 is 10.1 Å². The van der Waals surface area contributed by atoms with Crippen LogP contribution in [-0.2, 0) is 14.8 Å². The zero-order valence-electron chi connectivity index (χ0n) is 11.8. The molecule has 2 N–H and O–H groups in total. The zero-order chi connectivity index (χ0) is 15.7. The van der Waals surface area contributed by atoms with E-state index < -0.39 is 10.0 Å². The summed E-state index contributed by atoms with van der Waals surface area (Å²) >= 11 is 0. The van der Waals surface area contributed by atoms with E-state index in [1.807, 2.05) is 0 Å². The molecule has 0 radical (unpaired) electrons. The summed E-state index contributed by atoms with van der Waals surface area (Å²) in [6.45, 7) is 2.05. The van der Waals surface area contributed by atoms with Gasteiger partial charge in [-0.1, -0.05) is 0 Å². The molecule has 0 saturated heterocycles. The molecule has 1 amide bonds. The summed E-state index contributed by atoms with van der Waals surface area (Å²) in [4.78, 5) is 10.6. The van der Waals surface area contributed by atoms with Crippen molar-refractivity contribution in [1.82, 2.24) is 10.0 Å². The van der Waals surface area contributed by atoms with Gasteiger partial charge in [-0.15, -0.1) is 0 Å². The van der Waals surface area contributed by atoms with Gasteiger partial charge in [0.1, 0.15) is 18.2 Å². The predicted molar refractivity (Wildman–Crippen MR) is 77.0 cm³/mol. The van der Waals surface area contributed by atoms with Gasteiger partial charge in [-0.3, -0.25) is 4.79 Å². The van der Waals surface area contributed by atoms with E-state index in [1.54, 1.807) is 0 Å². The van der Waals surface area contributed by atoms with Gasteiger partial charge in [-0.2, -0.15) is 0 Å². The third-order valence-corrected chi connectivity index (χ3v) is 3.83. The number of hydrogen-bond acceptors (Lipinski definition) is 4. The highest BCUT2D eigenvalue weighted by molar-refractivity contribution is 7.89. The third-order valence-electron chi connectivity index (χ3n) is 2.48. The van der Waals surface area contributed by atoms with E-state index in [0.29, 0.717) is 18.7 Å². The van der Waals surface area contributed by atoms with Gasteiger partial charge in [0.05, 0.1) is 5.75 Å². The van der Waals surface area contributed by atoms with Crippen LogP contribution in [0.25, 0.3) is 0 Å². The predicted octanol–water partition coefficient (Wildman–Crippen LogP) is 0.650. The Morgan fingerprint density at radius 3 is 2.52 bits per heavy atom. The number of carbonyl (C=O) groups excluding carboxylic acids is 1. The Kier molecular flexibility index (Phi) is 7.10. The van der Waals surface area contributed by atoms with Crippen molar-refractivity contribution in [1.29, 1.82) is 0 Å². The normalized spacial score (nSPS) is 11.1. The van der Waals surface area contributed by atoms with Gasteiger partial charge in [0, 0.05) is 20.0 Å². The van der Waals surface area contributed by atoms with Crippen LogP contribution >= 0.6 is 0 Å². The summed E-state index contributed by atoms with van der Waals surface area (Å²) in [5.74, 6) is -0.302. The Morgan fingerprint density at radius 2 is 1.90 bits per heavy atom. The van der Waals surface area contributed by atoms with Crippen LogP contribution in [0.4, 0.5) is 4.39 Å². The van der Waals surface area contributed by atoms with Crippen molar-refractivity contribution < 1.29 is 22.3 Å². The van der Waals surface area contributed by atoms with Crippen LogP contribution in [0.3, 0.4) is 0 Å². The Bertz CT molecular complexity index is 546. The molecule has 0 fully saturated rings. The second kappa shape index (κ2) is 8.58. The van der Waals surface area contributed by atoms with Crippen molar-refractivity contribution in [2.24, 2.45) is 0 Å². The lowest BCUT2D eigenvalue weighted by atomic mass is 10.3. The first-order valence-electron chi connectivity index (χ1n) is 6.49. The molecular weight excluding hydrogens is 299 g/mol. The van der Waals surface area contributed by atoms with Crippen molar-refractivity contribution in [3.05, 3.63) is 30.1 Å². The Morgan fingerprint density at radius 1 is 1.24 bits per heavy atom. The molecule has 0 aliphatic rings. The topological polar surface area (TPSA) is 84.5 Å². The first-order chi connectivity index (χ1) is 9.89. The van der Waals surface area contributed by atoms with Crippen molar-refractivity contribution >= 4 is 15.9 Å². The summed E-state index contributed by atoms with van der Waals surface area (Å²) in [6.07, 6.45) is 0.512. The number of hydrogen-bond donors (Lipinski definition) is 2. The SMILES string of the molecule is CC(=O)NCCCNS(=O)(=O)CCOc1ccc(F)cc1. The molecule has 118 valence electrons. The smallest absolute Gasteiger partial charge is 0.216 e. The minimum absolute atomic E-state index is 0.0212. The van der Waals surface area contributed by atoms with Gasteiger partial charge in [0.15, 0.2) is 0 Å². The molecule has 1 aromatic rings. The summed E-state index contributed by atoms with van der Waals surface area (Å²) in [6, 6.07) is 5.35. The first kappa shape index (κ1) is 17.4. The largest absolute Gasteiger partial charge is 0.492 e. The molecule has 0 aliphatic heterocycles. The van der Waals surface area contributed by atoms with Crippen molar-refractivity contribution in [3.8, 4) is 5.75 Å². The van der Waals surface area contributed by atoms with Crippen LogP contribution in [-0.4, -0.2) is 39.8 Å². The van der Waals surface area contributed by atoms with Gasteiger partial charge >= 0.3 is 0 Å². The van der Waals surface area contributed by atoms with Crippen LogP contribution in [0.5, 0.6) is 5.75 Å². The maximum absolute atomic E-state index is 12.7. The van der Waals surface area contributed by atoms with Crippen molar-refractivity contribution in [2.45, 2.75) is 13.3 Å². The van der Waals surface area contributed by atoms with E-state index in [2.05, 4.69) is 10.0 Å². The van der Waals surface area contributed by atoms with Crippen molar-refractivity contribution in [2.75, 3.05) is 25.4 Å². The molecule has 6 nitrogen and oxygen atoms in total. The fourth-order valence-corrected chi connectivity index (χ4v) is 2.36. The van der Waals surface area contributed by atoms with Gasteiger partial charge in [-0.05, 0) is 30.7 Å². The molecular formula is C13H19FN2O4S. The molecule has 0 unspecified atom stereocenters. The van der Waals surface area contributed by atoms with Gasteiger partial charge in [-0.25, -0.2) is 17.5 Å². The number of sulfonamides is 1. The number of carbonyl (C=O) groups is 1. The lowest BCUT2D eigenvalue weighted by Gasteiger charge is -2.08. The van der Waals surface area contributed by atoms with Crippen LogP contribution in [0, 0.1) is 5.82 Å². The lowest BCUT2D eigenvalue weighted by Crippen LogP contribution is -2.32. The minimum Gasteiger partial charge on any atom is -0.492 e. The molecule has 1 rings (SSSR count). The molecule has 0 aliphatic carbocycles. The second-order valence-electron chi connectivity index (χ2n) is 4.35. The Balaban J connectivity index is 2.20. The van der Waals surface area contributed by atoms with E-state index in [0.717, 1.165) is 0 Å². The highest BCUT2D eigenvalue weighted by Gasteiger charge is 2.09. The monoisotopic (exact) mass is 318 g/mol. The van der Waals surface area contributed by atoms with E-state index in [4.69, 9.17) is 4.74 Å². The minimum atomic E-state index is -3.42. The van der Waals surface area contributed by atoms with Gasteiger partial charge in [0.2, 0.25) is 15.9 Å². The second-order valence-corrected chi connectivity index (χ2v) is 6.28. The standard InChI is InChI=1S/C13H19FN2O4S/c1-11(17)15-7-2-8-16-21(18,19)10-9-20-13-5-3-12(14)4-6-13/h3-6,16H,2,7-10H2,1H3,(H,15,17). The molecule has 0 heterocycles. The molecule has 0 spiro atoms. The lowest BCUT2D eigenvalue weighted by molar-refractivity contribution is -0.118. The number of benzene rings is 1. The number of nitrogens with one attached hydrogen (secondary N) is 2. The van der Waals surface area contributed by atoms with Crippen molar-refractivity contribution in [3.63, 3.8) is 0 Å². The Labute approximate surface area is 123 Å². The molecule has 0 aromatic heterocycles. The molecule has 21 heavy (non-hydrogen) atoms. The van der Waals surface area contributed by atoms with Crippen LogP contribution in [0.15, 0.2) is 24.3 Å². The Hall–Kier alpha value is -1.67. The third kappa shape index (κ3) is 8.26. The molecule has 0 saturated carbocycles. The average molecular weight is 318 g/mol. The number of amides is 1. The highest BCUT2D eigenvalue weighted by atomic mass is 32.2. The van der Waals surface area contributed by atoms with Gasteiger partial charge in [0.25, 0.3) is 0 Å². The fourth-order valence-electron chi connectivity index (χ4n) is 1.45. The quantitative estimate of drug-likeness (QED) is 0.655. The molecule has 0 atom stereocenters. The van der Waals surface area contributed by atoms with E-state index in [9.17, 15) is 17.6 Å².